The summed E-state index contributed by atoms with van der Waals surface area (Å²) >= 11 is 1.46. The zero-order valence-corrected chi connectivity index (χ0v) is 13.4. The Morgan fingerprint density at radius 1 is 1.48 bits per heavy atom. The van der Waals surface area contributed by atoms with Crippen LogP contribution < -0.4 is 0 Å². The lowest BCUT2D eigenvalue weighted by Crippen LogP contribution is -2.28. The molecule has 2 aromatic heterocycles. The van der Waals surface area contributed by atoms with Gasteiger partial charge in [-0.25, -0.2) is 13.2 Å². The van der Waals surface area contributed by atoms with Gasteiger partial charge in [-0.1, -0.05) is 0 Å². The van der Waals surface area contributed by atoms with Gasteiger partial charge >= 0.3 is 5.97 Å². The minimum absolute atomic E-state index is 0.190. The molecule has 0 spiro atoms. The van der Waals surface area contributed by atoms with E-state index in [1.807, 2.05) is 18.4 Å². The van der Waals surface area contributed by atoms with Crippen LogP contribution >= 0.6 is 11.3 Å². The third-order valence-corrected chi connectivity index (χ3v) is 6.07. The van der Waals surface area contributed by atoms with E-state index in [0.29, 0.717) is 0 Å². The van der Waals surface area contributed by atoms with Crippen LogP contribution in [0.25, 0.3) is 0 Å². The van der Waals surface area contributed by atoms with Gasteiger partial charge < -0.3 is 5.11 Å². The highest BCUT2D eigenvalue weighted by Gasteiger charge is 2.31. The number of carboxylic acid groups (broad SMARTS) is 1. The summed E-state index contributed by atoms with van der Waals surface area (Å²) in [5.74, 6) is -1.38. The molecule has 9 heteroatoms. The van der Waals surface area contributed by atoms with Crippen LogP contribution in [0.2, 0.25) is 0 Å². The second kappa shape index (κ2) is 5.58. The monoisotopic (exact) mass is 329 g/mol. The molecule has 0 saturated carbocycles. The van der Waals surface area contributed by atoms with Crippen molar-refractivity contribution >= 4 is 27.3 Å². The first-order valence-corrected chi connectivity index (χ1v) is 8.34. The van der Waals surface area contributed by atoms with Crippen LogP contribution in [-0.2, 0) is 16.6 Å². The molecule has 0 aromatic carbocycles. The summed E-state index contributed by atoms with van der Waals surface area (Å²) in [6, 6.07) is 1.91. The van der Waals surface area contributed by atoms with Crippen LogP contribution in [0.1, 0.15) is 26.6 Å². The van der Waals surface area contributed by atoms with E-state index in [-0.39, 0.29) is 17.1 Å². The predicted molar refractivity (Wildman–Crippen MR) is 78.0 cm³/mol. The number of sulfonamides is 1. The lowest BCUT2D eigenvalue weighted by molar-refractivity contribution is 0.0686. The quantitative estimate of drug-likeness (QED) is 0.867. The zero-order valence-electron chi connectivity index (χ0n) is 11.7. The molecule has 0 aliphatic carbocycles. The van der Waals surface area contributed by atoms with E-state index in [0.717, 1.165) is 14.7 Å². The average Bonchev–Trinajstić information content (AvgIpc) is 2.96. The fourth-order valence-electron chi connectivity index (χ4n) is 1.89. The molecule has 7 nitrogen and oxygen atoms in total. The van der Waals surface area contributed by atoms with Crippen LogP contribution in [-0.4, -0.2) is 41.0 Å². The van der Waals surface area contributed by atoms with Crippen molar-refractivity contribution in [3.63, 3.8) is 0 Å². The van der Waals surface area contributed by atoms with Gasteiger partial charge in [-0.05, 0) is 30.9 Å². The molecule has 0 aliphatic rings. The highest BCUT2D eigenvalue weighted by atomic mass is 32.2. The van der Waals surface area contributed by atoms with Crippen molar-refractivity contribution in [2.75, 3.05) is 7.05 Å². The number of carbonyl (C=O) groups is 1. The lowest BCUT2D eigenvalue weighted by atomic mass is 10.3. The number of thiophene rings is 1. The molecule has 114 valence electrons. The van der Waals surface area contributed by atoms with E-state index < -0.39 is 21.7 Å². The molecule has 2 rings (SSSR count). The van der Waals surface area contributed by atoms with Gasteiger partial charge in [0.2, 0.25) is 10.0 Å². The number of aromatic amines is 1. The molecule has 0 atom stereocenters. The molecule has 21 heavy (non-hydrogen) atoms. The fraction of sp³-hybridized carbons (Fsp3) is 0.333. The van der Waals surface area contributed by atoms with E-state index in [2.05, 4.69) is 10.2 Å². The number of rotatable bonds is 5. The minimum Gasteiger partial charge on any atom is -0.476 e. The first-order valence-electron chi connectivity index (χ1n) is 6.02. The molecular weight excluding hydrogens is 314 g/mol. The van der Waals surface area contributed by atoms with Crippen molar-refractivity contribution in [3.05, 3.63) is 33.3 Å². The first-order chi connectivity index (χ1) is 9.75. The third-order valence-electron chi connectivity index (χ3n) is 3.10. The smallest absolute Gasteiger partial charge is 0.357 e. The van der Waals surface area contributed by atoms with Gasteiger partial charge in [0, 0.05) is 18.5 Å². The average molecular weight is 329 g/mol. The van der Waals surface area contributed by atoms with Crippen molar-refractivity contribution < 1.29 is 18.3 Å². The van der Waals surface area contributed by atoms with Crippen LogP contribution in [0.15, 0.2) is 16.3 Å². The maximum absolute atomic E-state index is 12.6. The number of nitrogens with zero attached hydrogens (tertiary/aromatic N) is 2. The van der Waals surface area contributed by atoms with Gasteiger partial charge in [0.25, 0.3) is 0 Å². The normalized spacial score (nSPS) is 12.0. The molecule has 2 N–H and O–H groups in total. The van der Waals surface area contributed by atoms with E-state index in [9.17, 15) is 13.2 Å². The van der Waals surface area contributed by atoms with Crippen LogP contribution in [0.5, 0.6) is 0 Å². The number of aryl methyl sites for hydroxylation is 2. The number of hydrogen-bond acceptors (Lipinski definition) is 5. The number of hydrogen-bond donors (Lipinski definition) is 2. The molecule has 0 aliphatic heterocycles. The molecule has 0 bridgehead atoms. The number of nitrogens with one attached hydrogen (secondary N) is 1. The number of aromatic carboxylic acids is 1. The summed E-state index contributed by atoms with van der Waals surface area (Å²) in [4.78, 5) is 11.7. The lowest BCUT2D eigenvalue weighted by Gasteiger charge is -2.17. The van der Waals surface area contributed by atoms with Crippen molar-refractivity contribution in [3.8, 4) is 0 Å². The number of H-pyrrole nitrogens is 1. The van der Waals surface area contributed by atoms with Crippen molar-refractivity contribution in [1.82, 2.24) is 14.5 Å². The largest absolute Gasteiger partial charge is 0.476 e. The van der Waals surface area contributed by atoms with E-state index in [4.69, 9.17) is 5.11 Å². The second-order valence-corrected chi connectivity index (χ2v) is 7.60. The fourth-order valence-corrected chi connectivity index (χ4v) is 4.35. The molecule has 0 radical (unpaired) electrons. The Morgan fingerprint density at radius 3 is 2.67 bits per heavy atom. The van der Waals surface area contributed by atoms with Gasteiger partial charge in [0.05, 0.1) is 5.69 Å². The molecule has 2 heterocycles. The highest BCUT2D eigenvalue weighted by Crippen LogP contribution is 2.25. The van der Waals surface area contributed by atoms with Gasteiger partial charge in [-0.3, -0.25) is 5.10 Å². The van der Waals surface area contributed by atoms with Crippen molar-refractivity contribution in [2.45, 2.75) is 25.3 Å². The summed E-state index contributed by atoms with van der Waals surface area (Å²) in [7, 11) is -2.51. The zero-order chi connectivity index (χ0) is 15.8. The van der Waals surface area contributed by atoms with Gasteiger partial charge in [-0.15, -0.1) is 11.3 Å². The highest BCUT2D eigenvalue weighted by molar-refractivity contribution is 7.89. The Kier molecular flexibility index (Phi) is 4.17. The van der Waals surface area contributed by atoms with Gasteiger partial charge in [0.1, 0.15) is 4.90 Å². The van der Waals surface area contributed by atoms with Gasteiger partial charge in [-0.2, -0.15) is 9.40 Å². The first kappa shape index (κ1) is 15.7. The Hall–Kier alpha value is -1.71. The summed E-state index contributed by atoms with van der Waals surface area (Å²) in [6.45, 7) is 3.57. The second-order valence-electron chi connectivity index (χ2n) is 4.62. The molecule has 2 aromatic rings. The number of carboxylic acids is 1. The molecule has 0 amide bonds. The molecule has 0 unspecified atom stereocenters. The van der Waals surface area contributed by atoms with Crippen molar-refractivity contribution in [2.24, 2.45) is 0 Å². The Morgan fingerprint density at radius 2 is 2.14 bits per heavy atom. The SMILES string of the molecule is Cc1ccsc1CN(C)S(=O)(=O)c1c(C(=O)O)n[nH]c1C. The maximum Gasteiger partial charge on any atom is 0.357 e. The van der Waals surface area contributed by atoms with Crippen LogP contribution in [0.3, 0.4) is 0 Å². The standard InChI is InChI=1S/C12H15N3O4S2/c1-7-4-5-20-9(7)6-15(3)21(18,19)11-8(2)13-14-10(11)12(16)17/h4-5H,6H2,1-3H3,(H,13,14)(H,16,17). The Bertz CT molecular complexity index is 776. The van der Waals surface area contributed by atoms with E-state index in [1.165, 1.54) is 25.3 Å². The Balaban J connectivity index is 2.40. The van der Waals surface area contributed by atoms with Gasteiger partial charge in [0.15, 0.2) is 5.69 Å². The summed E-state index contributed by atoms with van der Waals surface area (Å²) < 4.78 is 26.3. The summed E-state index contributed by atoms with van der Waals surface area (Å²) in [5, 5.41) is 16.9. The summed E-state index contributed by atoms with van der Waals surface area (Å²) in [5.41, 5.74) is 0.730. The van der Waals surface area contributed by atoms with Crippen molar-refractivity contribution in [1.29, 1.82) is 0 Å². The molecule has 0 fully saturated rings. The summed E-state index contributed by atoms with van der Waals surface area (Å²) in [6.07, 6.45) is 0. The van der Waals surface area contributed by atoms with Crippen LogP contribution in [0.4, 0.5) is 0 Å². The maximum atomic E-state index is 12.6. The molecular formula is C12H15N3O4S2. The van der Waals surface area contributed by atoms with E-state index in [1.54, 1.807) is 0 Å². The minimum atomic E-state index is -3.93. The predicted octanol–water partition coefficient (Wildman–Crippen LogP) is 1.61. The van der Waals surface area contributed by atoms with Crippen LogP contribution in [0, 0.1) is 13.8 Å². The third kappa shape index (κ3) is 2.85. The number of aromatic nitrogens is 2. The topological polar surface area (TPSA) is 103 Å². The van der Waals surface area contributed by atoms with E-state index >= 15 is 0 Å². The molecule has 0 saturated heterocycles. The Labute approximate surface area is 126 Å².